The molecule has 0 unspecified atom stereocenters. The predicted octanol–water partition coefficient (Wildman–Crippen LogP) is -0.548. The maximum Gasteiger partial charge on any atom is 0.477 e. The molecular formula is C2H5O5P. The summed E-state index contributed by atoms with van der Waals surface area (Å²) in [5.74, 6) is 0. The van der Waals surface area contributed by atoms with Crippen LogP contribution in [0.4, 0.5) is 0 Å². The zero-order valence-corrected chi connectivity index (χ0v) is 4.75. The summed E-state index contributed by atoms with van der Waals surface area (Å²) in [7, 11) is -3.70. The Bertz CT molecular complexity index is 122. The highest BCUT2D eigenvalue weighted by Gasteiger charge is 2.40. The first-order valence-corrected chi connectivity index (χ1v) is 3.44. The second kappa shape index (κ2) is 1.79. The van der Waals surface area contributed by atoms with Gasteiger partial charge in [-0.25, -0.2) is 4.57 Å². The molecule has 0 bridgehead atoms. The van der Waals surface area contributed by atoms with Crippen molar-refractivity contribution in [2.75, 3.05) is 6.61 Å². The molecule has 6 heteroatoms. The molecule has 0 amide bonds. The lowest BCUT2D eigenvalue weighted by molar-refractivity contribution is -0.140. The summed E-state index contributed by atoms with van der Waals surface area (Å²) in [5, 5.41) is 8.14. The number of phosphoric acid groups is 1. The third-order valence-corrected chi connectivity index (χ3v) is 1.65. The Balaban J connectivity index is 2.32. The predicted molar refractivity (Wildman–Crippen MR) is 22.9 cm³/mol. The van der Waals surface area contributed by atoms with Gasteiger partial charge < -0.3 is 10.00 Å². The fraction of sp³-hybridized carbons (Fsp3) is 1.00. The molecule has 8 heavy (non-hydrogen) atoms. The van der Waals surface area contributed by atoms with Gasteiger partial charge in [-0.05, 0) is 0 Å². The van der Waals surface area contributed by atoms with E-state index in [1.54, 1.807) is 0 Å². The zero-order valence-electron chi connectivity index (χ0n) is 3.85. The minimum atomic E-state index is -3.70. The minimum absolute atomic E-state index is 0.384. The molecular weight excluding hydrogens is 135 g/mol. The van der Waals surface area contributed by atoms with Crippen molar-refractivity contribution in [3.8, 4) is 0 Å². The standard InChI is InChI=1S/C2H5O5P/c3-1-2-6-8(4,5)7-2/h2-3H,1H2,(H,4,5). The van der Waals surface area contributed by atoms with Crippen LogP contribution in [0.25, 0.3) is 0 Å². The number of hydrogen-bond donors (Lipinski definition) is 2. The SMILES string of the molecule is O=P1(O)OC(CO)O1. The Morgan fingerprint density at radius 3 is 2.25 bits per heavy atom. The molecule has 1 rings (SSSR count). The Labute approximate surface area is 45.5 Å². The minimum Gasteiger partial charge on any atom is -0.391 e. The third kappa shape index (κ3) is 1.07. The second-order valence-corrected chi connectivity index (χ2v) is 2.65. The Hall–Kier alpha value is 0.0700. The molecule has 0 radical (unpaired) electrons. The Morgan fingerprint density at radius 2 is 2.12 bits per heavy atom. The quantitative estimate of drug-likeness (QED) is 0.478. The van der Waals surface area contributed by atoms with E-state index in [9.17, 15) is 4.57 Å². The molecule has 2 N–H and O–H groups in total. The van der Waals surface area contributed by atoms with Crippen LogP contribution in [0.5, 0.6) is 0 Å². The molecule has 5 nitrogen and oxygen atoms in total. The molecule has 0 atom stereocenters. The van der Waals surface area contributed by atoms with Gasteiger partial charge in [0.15, 0.2) is 0 Å². The van der Waals surface area contributed by atoms with Gasteiger partial charge in [-0.15, -0.1) is 0 Å². The monoisotopic (exact) mass is 140 g/mol. The molecule has 0 aliphatic carbocycles. The second-order valence-electron chi connectivity index (χ2n) is 1.29. The summed E-state index contributed by atoms with van der Waals surface area (Å²) in [6.07, 6.45) is -0.897. The first-order valence-electron chi connectivity index (χ1n) is 1.94. The highest BCUT2D eigenvalue weighted by molar-refractivity contribution is 7.48. The topological polar surface area (TPSA) is 76.0 Å². The number of phosphoric ester groups is 1. The molecule has 0 spiro atoms. The van der Waals surface area contributed by atoms with E-state index in [-0.39, 0.29) is 6.61 Å². The van der Waals surface area contributed by atoms with Crippen LogP contribution in [0.15, 0.2) is 0 Å². The Kier molecular flexibility index (Phi) is 1.38. The van der Waals surface area contributed by atoms with E-state index >= 15 is 0 Å². The van der Waals surface area contributed by atoms with Crippen LogP contribution in [0, 0.1) is 0 Å². The average molecular weight is 140 g/mol. The van der Waals surface area contributed by atoms with Gasteiger partial charge in [0.25, 0.3) is 0 Å². The van der Waals surface area contributed by atoms with Crippen LogP contribution in [0.2, 0.25) is 0 Å². The van der Waals surface area contributed by atoms with Crippen molar-refractivity contribution >= 4 is 7.82 Å². The fourth-order valence-electron chi connectivity index (χ4n) is 0.372. The van der Waals surface area contributed by atoms with Crippen molar-refractivity contribution in [3.05, 3.63) is 0 Å². The van der Waals surface area contributed by atoms with Crippen LogP contribution in [-0.4, -0.2) is 22.9 Å². The lowest BCUT2D eigenvalue weighted by Gasteiger charge is -2.28. The summed E-state index contributed by atoms with van der Waals surface area (Å²) < 4.78 is 18.3. The largest absolute Gasteiger partial charge is 0.477 e. The van der Waals surface area contributed by atoms with E-state index in [0.29, 0.717) is 0 Å². The maximum atomic E-state index is 10.0. The highest BCUT2D eigenvalue weighted by Crippen LogP contribution is 2.55. The van der Waals surface area contributed by atoms with Gasteiger partial charge in [0.2, 0.25) is 6.29 Å². The first kappa shape index (κ1) is 6.19. The van der Waals surface area contributed by atoms with E-state index in [0.717, 1.165) is 0 Å². The molecule has 1 heterocycles. The van der Waals surface area contributed by atoms with Gasteiger partial charge in [-0.3, -0.25) is 9.05 Å². The normalized spacial score (nSPS) is 46.0. The van der Waals surface area contributed by atoms with Crippen molar-refractivity contribution in [3.63, 3.8) is 0 Å². The number of aliphatic hydroxyl groups excluding tert-OH is 1. The van der Waals surface area contributed by atoms with Crippen molar-refractivity contribution in [2.24, 2.45) is 0 Å². The van der Waals surface area contributed by atoms with Crippen molar-refractivity contribution < 1.29 is 23.6 Å². The summed E-state index contributed by atoms with van der Waals surface area (Å²) in [4.78, 5) is 8.21. The lowest BCUT2D eigenvalue weighted by Crippen LogP contribution is -2.28. The van der Waals surface area contributed by atoms with Gasteiger partial charge in [-0.1, -0.05) is 0 Å². The van der Waals surface area contributed by atoms with Crippen LogP contribution in [-0.2, 0) is 13.6 Å². The summed E-state index contributed by atoms with van der Waals surface area (Å²) in [6.45, 7) is -0.384. The van der Waals surface area contributed by atoms with Crippen LogP contribution in [0.1, 0.15) is 0 Å². The smallest absolute Gasteiger partial charge is 0.391 e. The van der Waals surface area contributed by atoms with E-state index in [1.807, 2.05) is 0 Å². The average Bonchev–Trinajstić information content (AvgIpc) is 1.60. The summed E-state index contributed by atoms with van der Waals surface area (Å²) >= 11 is 0. The molecule has 1 aliphatic rings. The van der Waals surface area contributed by atoms with E-state index < -0.39 is 14.1 Å². The highest BCUT2D eigenvalue weighted by atomic mass is 31.2. The molecule has 48 valence electrons. The molecule has 0 aromatic heterocycles. The van der Waals surface area contributed by atoms with Crippen molar-refractivity contribution in [1.29, 1.82) is 0 Å². The van der Waals surface area contributed by atoms with E-state index in [4.69, 9.17) is 10.00 Å². The van der Waals surface area contributed by atoms with Crippen molar-refractivity contribution in [2.45, 2.75) is 6.29 Å². The maximum absolute atomic E-state index is 10.0. The fourth-order valence-corrected chi connectivity index (χ4v) is 1.12. The lowest BCUT2D eigenvalue weighted by atomic mass is 10.7. The van der Waals surface area contributed by atoms with Crippen LogP contribution in [0.3, 0.4) is 0 Å². The number of rotatable bonds is 1. The zero-order chi connectivity index (χ0) is 6.20. The van der Waals surface area contributed by atoms with E-state index in [2.05, 4.69) is 9.05 Å². The number of hydrogen-bond acceptors (Lipinski definition) is 4. The van der Waals surface area contributed by atoms with Crippen molar-refractivity contribution in [1.82, 2.24) is 0 Å². The summed E-state index contributed by atoms with van der Waals surface area (Å²) in [5.41, 5.74) is 0. The molecule has 0 saturated carbocycles. The van der Waals surface area contributed by atoms with Gasteiger partial charge in [0.05, 0.1) is 6.61 Å². The van der Waals surface area contributed by atoms with E-state index in [1.165, 1.54) is 0 Å². The first-order chi connectivity index (χ1) is 3.64. The van der Waals surface area contributed by atoms with Gasteiger partial charge >= 0.3 is 7.82 Å². The number of aliphatic hydroxyl groups is 1. The van der Waals surface area contributed by atoms with Gasteiger partial charge in [0, 0.05) is 0 Å². The third-order valence-electron chi connectivity index (χ3n) is 0.651. The Morgan fingerprint density at radius 1 is 1.62 bits per heavy atom. The van der Waals surface area contributed by atoms with Crippen LogP contribution >= 0.6 is 7.82 Å². The molecule has 0 aromatic rings. The van der Waals surface area contributed by atoms with Gasteiger partial charge in [0.1, 0.15) is 0 Å². The van der Waals surface area contributed by atoms with Gasteiger partial charge in [-0.2, -0.15) is 0 Å². The molecule has 1 aliphatic heterocycles. The summed E-state index contributed by atoms with van der Waals surface area (Å²) in [6, 6.07) is 0. The molecule has 0 aromatic carbocycles. The van der Waals surface area contributed by atoms with Crippen LogP contribution < -0.4 is 0 Å². The molecule has 1 saturated heterocycles. The molecule has 1 fully saturated rings.